The molecule has 1 aliphatic carbocycles. The Bertz CT molecular complexity index is 435. The third-order valence-corrected chi connectivity index (χ3v) is 6.05. The second-order valence-corrected chi connectivity index (χ2v) is 7.91. The van der Waals surface area contributed by atoms with Crippen molar-refractivity contribution in [1.29, 1.82) is 0 Å². The number of hydrogen-bond donors (Lipinski definition) is 1. The molecule has 3 rings (SSSR count). The number of nitrogens with one attached hydrogen (secondary N) is 1. The van der Waals surface area contributed by atoms with E-state index in [0.29, 0.717) is 11.5 Å². The van der Waals surface area contributed by atoms with Crippen molar-refractivity contribution < 1.29 is 0 Å². The van der Waals surface area contributed by atoms with Gasteiger partial charge in [-0.05, 0) is 59.8 Å². The van der Waals surface area contributed by atoms with Gasteiger partial charge < -0.3 is 5.32 Å². The topological polar surface area (TPSA) is 12.0 Å². The summed E-state index contributed by atoms with van der Waals surface area (Å²) in [5, 5.41) is 3.90. The van der Waals surface area contributed by atoms with E-state index in [-0.39, 0.29) is 0 Å². The van der Waals surface area contributed by atoms with E-state index < -0.39 is 0 Å². The predicted molar refractivity (Wildman–Crippen MR) is 84.7 cm³/mol. The first-order valence-electron chi connectivity index (χ1n) is 7.56. The molecule has 1 heterocycles. The number of thioether (sulfide) groups is 1. The molecular weight excluding hydrogens is 250 g/mol. The lowest BCUT2D eigenvalue weighted by molar-refractivity contribution is 0.203. The Kier molecular flexibility index (Phi) is 3.91. The van der Waals surface area contributed by atoms with Gasteiger partial charge in [-0.2, -0.15) is 11.8 Å². The molecule has 2 unspecified atom stereocenters. The highest BCUT2D eigenvalue weighted by atomic mass is 32.2. The SMILES string of the molecule is CC1(C)CCc2ccccc2C1NCC1CCSC1. The van der Waals surface area contributed by atoms with Crippen molar-refractivity contribution >= 4 is 11.8 Å². The summed E-state index contributed by atoms with van der Waals surface area (Å²) in [5.74, 6) is 3.59. The largest absolute Gasteiger partial charge is 0.309 e. The molecule has 0 spiro atoms. The van der Waals surface area contributed by atoms with Crippen molar-refractivity contribution in [2.45, 2.75) is 39.2 Å². The zero-order chi connectivity index (χ0) is 13.3. The van der Waals surface area contributed by atoms with Crippen molar-refractivity contribution in [3.63, 3.8) is 0 Å². The third kappa shape index (κ3) is 2.85. The summed E-state index contributed by atoms with van der Waals surface area (Å²) in [6.07, 6.45) is 3.92. The summed E-state index contributed by atoms with van der Waals surface area (Å²) in [7, 11) is 0. The maximum Gasteiger partial charge on any atom is 0.0374 e. The molecule has 1 aliphatic heterocycles. The van der Waals surface area contributed by atoms with E-state index in [2.05, 4.69) is 55.2 Å². The zero-order valence-electron chi connectivity index (χ0n) is 12.1. The number of aryl methyl sites for hydroxylation is 1. The second-order valence-electron chi connectivity index (χ2n) is 6.76. The number of benzene rings is 1. The fourth-order valence-corrected chi connectivity index (χ4v) is 4.77. The number of hydrogen-bond acceptors (Lipinski definition) is 2. The van der Waals surface area contributed by atoms with Crippen molar-refractivity contribution in [2.24, 2.45) is 11.3 Å². The van der Waals surface area contributed by atoms with Crippen LogP contribution in [0.4, 0.5) is 0 Å². The van der Waals surface area contributed by atoms with E-state index >= 15 is 0 Å². The molecule has 2 aliphatic rings. The highest BCUT2D eigenvalue weighted by Crippen LogP contribution is 2.43. The molecule has 1 fully saturated rings. The van der Waals surface area contributed by atoms with Gasteiger partial charge in [-0.1, -0.05) is 38.1 Å². The van der Waals surface area contributed by atoms with Gasteiger partial charge in [0.2, 0.25) is 0 Å². The lowest BCUT2D eigenvalue weighted by Crippen LogP contribution is -2.40. The molecule has 0 radical (unpaired) electrons. The first kappa shape index (κ1) is 13.5. The Labute approximate surface area is 121 Å². The molecule has 1 aromatic rings. The van der Waals surface area contributed by atoms with Gasteiger partial charge in [-0.15, -0.1) is 0 Å². The summed E-state index contributed by atoms with van der Waals surface area (Å²) in [5.41, 5.74) is 3.48. The standard InChI is InChI=1S/C17H25NS/c1-17(2)9-7-14-5-3-4-6-15(14)16(17)18-11-13-8-10-19-12-13/h3-6,13,16,18H,7-12H2,1-2H3. The minimum absolute atomic E-state index is 0.375. The van der Waals surface area contributed by atoms with Crippen LogP contribution < -0.4 is 5.32 Å². The Morgan fingerprint density at radius 3 is 2.95 bits per heavy atom. The summed E-state index contributed by atoms with van der Waals surface area (Å²) in [4.78, 5) is 0. The van der Waals surface area contributed by atoms with Gasteiger partial charge in [0, 0.05) is 6.04 Å². The van der Waals surface area contributed by atoms with E-state index in [1.54, 1.807) is 11.1 Å². The fraction of sp³-hybridized carbons (Fsp3) is 0.647. The van der Waals surface area contributed by atoms with Gasteiger partial charge in [0.05, 0.1) is 0 Å². The van der Waals surface area contributed by atoms with E-state index in [4.69, 9.17) is 0 Å². The zero-order valence-corrected chi connectivity index (χ0v) is 12.9. The molecule has 1 N–H and O–H groups in total. The first-order valence-corrected chi connectivity index (χ1v) is 8.71. The van der Waals surface area contributed by atoms with E-state index in [9.17, 15) is 0 Å². The van der Waals surface area contributed by atoms with Gasteiger partial charge >= 0.3 is 0 Å². The summed E-state index contributed by atoms with van der Waals surface area (Å²) >= 11 is 2.11. The van der Waals surface area contributed by atoms with Crippen molar-refractivity contribution in [1.82, 2.24) is 5.32 Å². The number of rotatable bonds is 3. The molecule has 2 atom stereocenters. The second kappa shape index (κ2) is 5.49. The average molecular weight is 275 g/mol. The maximum absolute atomic E-state index is 3.90. The molecular formula is C17H25NS. The van der Waals surface area contributed by atoms with Crippen LogP contribution in [0.1, 0.15) is 43.9 Å². The van der Waals surface area contributed by atoms with Gasteiger partial charge in [-0.25, -0.2) is 0 Å². The molecule has 1 nitrogen and oxygen atoms in total. The van der Waals surface area contributed by atoms with Crippen LogP contribution in [0.15, 0.2) is 24.3 Å². The van der Waals surface area contributed by atoms with Crippen molar-refractivity contribution in [3.8, 4) is 0 Å². The molecule has 0 bridgehead atoms. The summed E-state index contributed by atoms with van der Waals surface area (Å²) < 4.78 is 0. The molecule has 0 aromatic heterocycles. The quantitative estimate of drug-likeness (QED) is 0.893. The molecule has 1 saturated heterocycles. The van der Waals surface area contributed by atoms with E-state index in [1.807, 2.05) is 0 Å². The van der Waals surface area contributed by atoms with Gasteiger partial charge in [0.1, 0.15) is 0 Å². The average Bonchev–Trinajstić information content (AvgIpc) is 2.90. The summed E-state index contributed by atoms with van der Waals surface area (Å²) in [6, 6.07) is 9.55. The number of fused-ring (bicyclic) bond motifs is 1. The van der Waals surface area contributed by atoms with Crippen LogP contribution in [0.3, 0.4) is 0 Å². The molecule has 19 heavy (non-hydrogen) atoms. The molecule has 0 saturated carbocycles. The van der Waals surface area contributed by atoms with Crippen LogP contribution in [0.2, 0.25) is 0 Å². The van der Waals surface area contributed by atoms with Gasteiger partial charge in [-0.3, -0.25) is 0 Å². The normalized spacial score (nSPS) is 29.2. The molecule has 104 valence electrons. The molecule has 1 aromatic carbocycles. The molecule has 0 amide bonds. The summed E-state index contributed by atoms with van der Waals surface area (Å²) in [6.45, 7) is 6.03. The third-order valence-electron chi connectivity index (χ3n) is 4.82. The van der Waals surface area contributed by atoms with Crippen LogP contribution in [0, 0.1) is 11.3 Å². The highest BCUT2D eigenvalue weighted by Gasteiger charge is 2.35. The minimum atomic E-state index is 0.375. The Morgan fingerprint density at radius 2 is 2.16 bits per heavy atom. The van der Waals surface area contributed by atoms with Crippen LogP contribution >= 0.6 is 11.8 Å². The fourth-order valence-electron chi connectivity index (χ4n) is 3.48. The minimum Gasteiger partial charge on any atom is -0.309 e. The smallest absolute Gasteiger partial charge is 0.0374 e. The highest BCUT2D eigenvalue weighted by molar-refractivity contribution is 7.99. The molecule has 2 heteroatoms. The van der Waals surface area contributed by atoms with Crippen molar-refractivity contribution in [3.05, 3.63) is 35.4 Å². The van der Waals surface area contributed by atoms with Crippen LogP contribution in [-0.4, -0.2) is 18.1 Å². The van der Waals surface area contributed by atoms with Gasteiger partial charge in [0.25, 0.3) is 0 Å². The van der Waals surface area contributed by atoms with Crippen LogP contribution in [-0.2, 0) is 6.42 Å². The van der Waals surface area contributed by atoms with Gasteiger partial charge in [0.15, 0.2) is 0 Å². The van der Waals surface area contributed by atoms with E-state index in [0.717, 1.165) is 5.92 Å². The van der Waals surface area contributed by atoms with Crippen LogP contribution in [0.25, 0.3) is 0 Å². The Balaban J connectivity index is 1.76. The Morgan fingerprint density at radius 1 is 1.32 bits per heavy atom. The first-order chi connectivity index (χ1) is 9.17. The lowest BCUT2D eigenvalue weighted by Gasteiger charge is -2.41. The maximum atomic E-state index is 3.90. The van der Waals surface area contributed by atoms with E-state index in [1.165, 1.54) is 37.3 Å². The lowest BCUT2D eigenvalue weighted by atomic mass is 9.70. The monoisotopic (exact) mass is 275 g/mol. The van der Waals surface area contributed by atoms with Crippen LogP contribution in [0.5, 0.6) is 0 Å². The Hall–Kier alpha value is -0.470. The predicted octanol–water partition coefficient (Wildman–Crippen LogP) is 4.04. The van der Waals surface area contributed by atoms with Crippen molar-refractivity contribution in [2.75, 3.05) is 18.1 Å².